The Kier molecular flexibility index (Phi) is 5.67. The zero-order chi connectivity index (χ0) is 19.2. The molecule has 146 valence electrons. The van der Waals surface area contributed by atoms with Gasteiger partial charge in [0.1, 0.15) is 5.70 Å². The first kappa shape index (κ1) is 19.7. The van der Waals surface area contributed by atoms with Crippen LogP contribution in [0.15, 0.2) is 10.6 Å². The minimum Gasteiger partial charge on any atom is -0.477 e. The molecule has 3 rings (SSSR count). The van der Waals surface area contributed by atoms with Gasteiger partial charge in [-0.3, -0.25) is 4.79 Å². The van der Waals surface area contributed by atoms with Gasteiger partial charge in [0.15, 0.2) is 0 Å². The van der Waals surface area contributed by atoms with Crippen LogP contribution in [0.3, 0.4) is 0 Å². The third kappa shape index (κ3) is 3.28. The number of hydrogen-bond donors (Lipinski definition) is 4. The predicted octanol–water partition coefficient (Wildman–Crippen LogP) is 0.589. The Balaban J connectivity index is 1.73. The fraction of sp³-hybridized carbons (Fsp3) is 0.778. The summed E-state index contributed by atoms with van der Waals surface area (Å²) in [5, 5.41) is 23.4. The van der Waals surface area contributed by atoms with Gasteiger partial charge in [0.2, 0.25) is 5.91 Å². The van der Waals surface area contributed by atoms with Gasteiger partial charge in [-0.05, 0) is 32.2 Å². The number of aliphatic hydroxyl groups excluding tert-OH is 1. The zero-order valence-electron chi connectivity index (χ0n) is 15.5. The summed E-state index contributed by atoms with van der Waals surface area (Å²) in [7, 11) is 0. The maximum Gasteiger partial charge on any atom is 0.353 e. The monoisotopic (exact) mass is 383 g/mol. The van der Waals surface area contributed by atoms with E-state index >= 15 is 0 Å². The molecule has 7 atom stereocenters. The summed E-state index contributed by atoms with van der Waals surface area (Å²) in [5.41, 5.74) is 5.83. The molecule has 1 unspecified atom stereocenters. The quantitative estimate of drug-likeness (QED) is 0.476. The molecule has 5 N–H and O–H groups in total. The maximum atomic E-state index is 12.4. The lowest BCUT2D eigenvalue weighted by Gasteiger charge is -2.46. The van der Waals surface area contributed by atoms with Crippen LogP contribution in [0, 0.1) is 17.8 Å². The molecule has 0 aliphatic carbocycles. The van der Waals surface area contributed by atoms with E-state index in [1.807, 2.05) is 6.92 Å². The number of thioether (sulfide) groups is 1. The molecule has 0 saturated carbocycles. The molecule has 3 heterocycles. The molecule has 0 bridgehead atoms. The number of carbonyl (C=O) groups is 2. The Bertz CT molecular complexity index is 624. The van der Waals surface area contributed by atoms with E-state index in [0.717, 1.165) is 24.3 Å². The lowest BCUT2D eigenvalue weighted by atomic mass is 9.79. The number of carboxylic acids is 1. The van der Waals surface area contributed by atoms with E-state index in [1.54, 1.807) is 18.7 Å². The summed E-state index contributed by atoms with van der Waals surface area (Å²) < 4.78 is 0. The first-order chi connectivity index (χ1) is 12.3. The lowest BCUT2D eigenvalue weighted by molar-refractivity contribution is -0.163. The van der Waals surface area contributed by atoms with Gasteiger partial charge in [0.05, 0.1) is 18.1 Å². The van der Waals surface area contributed by atoms with Gasteiger partial charge < -0.3 is 26.2 Å². The van der Waals surface area contributed by atoms with Gasteiger partial charge in [-0.15, -0.1) is 11.8 Å². The number of amides is 1. The largest absolute Gasteiger partial charge is 0.477 e. The predicted molar refractivity (Wildman–Crippen MR) is 100 cm³/mol. The van der Waals surface area contributed by atoms with Crippen LogP contribution in [0.25, 0.3) is 0 Å². The molecule has 0 aromatic rings. The van der Waals surface area contributed by atoms with Crippen molar-refractivity contribution in [2.24, 2.45) is 23.5 Å². The molecule has 2 saturated heterocycles. The molecule has 3 aliphatic heterocycles. The van der Waals surface area contributed by atoms with E-state index in [1.165, 1.54) is 4.90 Å². The second-order valence-corrected chi connectivity index (χ2v) is 9.27. The Morgan fingerprint density at radius 2 is 2.15 bits per heavy atom. The summed E-state index contributed by atoms with van der Waals surface area (Å²) in [6.45, 7) is 7.20. The number of β-lactam (4-membered cyclic amide) rings is 1. The van der Waals surface area contributed by atoms with Crippen molar-refractivity contribution in [1.29, 1.82) is 0 Å². The third-order valence-electron chi connectivity index (χ3n) is 5.88. The Hall–Kier alpha value is -1.09. The van der Waals surface area contributed by atoms with Crippen molar-refractivity contribution in [3.05, 3.63) is 10.6 Å². The standard InChI is InChI=1S/C18H29N3O4S/c1-8(6-19)4-11-5-12(7-20-11)26-16-9(2)14-13(10(3)22)17(23)21(14)15(16)18(24)25/h8-14,20,22H,4-7,19H2,1-3H3,(H,24,25)/t8?,9-,10-,11-,12+,13-,14-/m1/s1. The molecule has 3 aliphatic rings. The van der Waals surface area contributed by atoms with E-state index in [0.29, 0.717) is 18.5 Å². The van der Waals surface area contributed by atoms with Crippen LogP contribution in [-0.2, 0) is 9.59 Å². The average Bonchev–Trinajstić information content (AvgIpc) is 3.09. The van der Waals surface area contributed by atoms with Gasteiger partial charge in [0, 0.05) is 28.7 Å². The number of nitrogens with two attached hydrogens (primary N) is 1. The summed E-state index contributed by atoms with van der Waals surface area (Å²) in [5.74, 6) is -1.44. The highest BCUT2D eigenvalue weighted by molar-refractivity contribution is 8.03. The number of nitrogens with one attached hydrogen (secondary N) is 1. The molecule has 26 heavy (non-hydrogen) atoms. The maximum absolute atomic E-state index is 12.4. The van der Waals surface area contributed by atoms with Crippen molar-refractivity contribution in [2.75, 3.05) is 13.1 Å². The van der Waals surface area contributed by atoms with Gasteiger partial charge in [-0.25, -0.2) is 4.79 Å². The van der Waals surface area contributed by atoms with Crippen molar-refractivity contribution < 1.29 is 19.8 Å². The fourth-order valence-electron chi connectivity index (χ4n) is 4.49. The topological polar surface area (TPSA) is 116 Å². The second kappa shape index (κ2) is 7.50. The van der Waals surface area contributed by atoms with Crippen molar-refractivity contribution >= 4 is 23.6 Å². The number of carboxylic acid groups (broad SMARTS) is 1. The SMILES string of the molecule is CC(CN)C[C@@H]1C[C@H](SC2=C(C(=O)O)N3C(=O)[C@H]([C@@H](C)O)[C@H]3[C@H]2C)CN1. The van der Waals surface area contributed by atoms with Gasteiger partial charge in [-0.2, -0.15) is 0 Å². The summed E-state index contributed by atoms with van der Waals surface area (Å²) in [6, 6.07) is 0.166. The first-order valence-electron chi connectivity index (χ1n) is 9.34. The Morgan fingerprint density at radius 1 is 1.46 bits per heavy atom. The van der Waals surface area contributed by atoms with E-state index < -0.39 is 18.0 Å². The molecule has 0 aromatic heterocycles. The normalized spacial score (nSPS) is 36.1. The van der Waals surface area contributed by atoms with Crippen LogP contribution in [0.2, 0.25) is 0 Å². The van der Waals surface area contributed by atoms with E-state index in [-0.39, 0.29) is 28.8 Å². The smallest absolute Gasteiger partial charge is 0.353 e. The Labute approximate surface area is 158 Å². The highest BCUT2D eigenvalue weighted by Gasteiger charge is 2.60. The number of hydrogen-bond acceptors (Lipinski definition) is 6. The number of carbonyl (C=O) groups excluding carboxylic acids is 1. The lowest BCUT2D eigenvalue weighted by Crippen LogP contribution is -2.63. The van der Waals surface area contributed by atoms with E-state index in [2.05, 4.69) is 12.2 Å². The highest BCUT2D eigenvalue weighted by Crippen LogP contribution is 2.51. The van der Waals surface area contributed by atoms with Crippen LogP contribution in [0.5, 0.6) is 0 Å². The molecule has 1 amide bonds. The molecular weight excluding hydrogens is 354 g/mol. The molecule has 2 fully saturated rings. The van der Waals surface area contributed by atoms with Crippen molar-refractivity contribution in [3.8, 4) is 0 Å². The fourth-order valence-corrected chi connectivity index (χ4v) is 6.01. The van der Waals surface area contributed by atoms with E-state index in [9.17, 15) is 19.8 Å². The van der Waals surface area contributed by atoms with Crippen molar-refractivity contribution in [3.63, 3.8) is 0 Å². The van der Waals surface area contributed by atoms with Crippen LogP contribution >= 0.6 is 11.8 Å². The molecular formula is C18H29N3O4S. The van der Waals surface area contributed by atoms with Crippen LogP contribution in [0.1, 0.15) is 33.6 Å². The van der Waals surface area contributed by atoms with Gasteiger partial charge in [0.25, 0.3) is 0 Å². The number of nitrogens with zero attached hydrogens (tertiary/aromatic N) is 1. The molecule has 7 nitrogen and oxygen atoms in total. The van der Waals surface area contributed by atoms with E-state index in [4.69, 9.17) is 5.73 Å². The third-order valence-corrected chi connectivity index (χ3v) is 7.39. The van der Waals surface area contributed by atoms with Gasteiger partial charge >= 0.3 is 5.97 Å². The Morgan fingerprint density at radius 3 is 2.73 bits per heavy atom. The summed E-state index contributed by atoms with van der Waals surface area (Å²) in [6.07, 6.45) is 1.22. The van der Waals surface area contributed by atoms with Crippen molar-refractivity contribution in [1.82, 2.24) is 10.2 Å². The average molecular weight is 384 g/mol. The minimum absolute atomic E-state index is 0.0644. The highest BCUT2D eigenvalue weighted by atomic mass is 32.2. The van der Waals surface area contributed by atoms with Crippen molar-refractivity contribution in [2.45, 2.75) is 57.1 Å². The number of aliphatic hydroxyl groups is 1. The number of fused-ring (bicyclic) bond motifs is 1. The zero-order valence-corrected chi connectivity index (χ0v) is 16.3. The number of aliphatic carboxylic acids is 1. The molecule has 8 heteroatoms. The summed E-state index contributed by atoms with van der Waals surface area (Å²) in [4.78, 5) is 26.4. The second-order valence-electron chi connectivity index (χ2n) is 7.93. The van der Waals surface area contributed by atoms with Crippen LogP contribution in [0.4, 0.5) is 0 Å². The summed E-state index contributed by atoms with van der Waals surface area (Å²) >= 11 is 1.59. The molecule has 0 radical (unpaired) electrons. The van der Waals surface area contributed by atoms with Gasteiger partial charge in [-0.1, -0.05) is 13.8 Å². The first-order valence-corrected chi connectivity index (χ1v) is 10.2. The van der Waals surface area contributed by atoms with Crippen LogP contribution in [-0.4, -0.2) is 63.5 Å². The van der Waals surface area contributed by atoms with Crippen LogP contribution < -0.4 is 11.1 Å². The minimum atomic E-state index is -1.06. The number of rotatable bonds is 7. The molecule has 0 aromatic carbocycles. The molecule has 0 spiro atoms.